The summed E-state index contributed by atoms with van der Waals surface area (Å²) >= 11 is 0. The fourth-order valence-electron chi connectivity index (χ4n) is 1.96. The van der Waals surface area contributed by atoms with Crippen LogP contribution in [0.4, 0.5) is 4.39 Å². The van der Waals surface area contributed by atoms with Crippen LogP contribution in [-0.4, -0.2) is 16.0 Å². The molecule has 1 aromatic rings. The first-order valence-corrected chi connectivity index (χ1v) is 4.85. The molecule has 1 saturated carbocycles. The van der Waals surface area contributed by atoms with E-state index in [2.05, 4.69) is 5.10 Å². The van der Waals surface area contributed by atoms with Crippen molar-refractivity contribution in [2.75, 3.05) is 0 Å². The van der Waals surface area contributed by atoms with E-state index in [0.29, 0.717) is 6.42 Å². The van der Waals surface area contributed by atoms with Crippen LogP contribution in [-0.2, 0) is 7.05 Å². The molecule has 3 atom stereocenters. The second-order valence-electron chi connectivity index (χ2n) is 4.49. The maximum Gasteiger partial charge on any atom is 0.108 e. The summed E-state index contributed by atoms with van der Waals surface area (Å²) in [4.78, 5) is 0. The lowest BCUT2D eigenvalue weighted by molar-refractivity contribution is 0.323. The summed E-state index contributed by atoms with van der Waals surface area (Å²) in [5, 5.41) is 4.12. The largest absolute Gasteiger partial charge is 0.322 e. The second-order valence-corrected chi connectivity index (χ2v) is 4.49. The normalized spacial score (nSPS) is 33.1. The quantitative estimate of drug-likeness (QED) is 0.780. The molecule has 0 radical (unpaired) electrons. The first-order valence-electron chi connectivity index (χ1n) is 4.85. The van der Waals surface area contributed by atoms with E-state index in [9.17, 15) is 4.39 Å². The number of halogens is 1. The van der Waals surface area contributed by atoms with Gasteiger partial charge in [0.05, 0.1) is 17.9 Å². The van der Waals surface area contributed by atoms with Gasteiger partial charge in [-0.25, -0.2) is 4.39 Å². The third-order valence-corrected chi connectivity index (χ3v) is 3.36. The highest BCUT2D eigenvalue weighted by molar-refractivity contribution is 5.25. The Hall–Kier alpha value is -0.900. The molecule has 0 saturated heterocycles. The molecule has 0 bridgehead atoms. The van der Waals surface area contributed by atoms with Gasteiger partial charge in [-0.3, -0.25) is 4.68 Å². The molecule has 2 N–H and O–H groups in total. The van der Waals surface area contributed by atoms with E-state index in [4.69, 9.17) is 5.73 Å². The van der Waals surface area contributed by atoms with Crippen LogP contribution >= 0.6 is 0 Å². The zero-order valence-corrected chi connectivity index (χ0v) is 8.79. The lowest BCUT2D eigenvalue weighted by atomic mass is 9.94. The summed E-state index contributed by atoms with van der Waals surface area (Å²) in [6, 6.07) is -0.245. The highest BCUT2D eigenvalue weighted by Gasteiger charge is 2.56. The predicted molar refractivity (Wildman–Crippen MR) is 52.5 cm³/mol. The summed E-state index contributed by atoms with van der Waals surface area (Å²) in [6.07, 6.45) is 1.58. The number of hydrogen-bond donors (Lipinski definition) is 1. The topological polar surface area (TPSA) is 43.8 Å². The van der Waals surface area contributed by atoms with Gasteiger partial charge in [0, 0.05) is 12.5 Å². The average Bonchev–Trinajstić information content (AvgIpc) is 2.58. The molecular weight excluding hydrogens is 181 g/mol. The fraction of sp³-hybridized carbons (Fsp3) is 0.700. The van der Waals surface area contributed by atoms with Crippen LogP contribution < -0.4 is 5.73 Å². The van der Waals surface area contributed by atoms with Gasteiger partial charge in [0.15, 0.2) is 0 Å². The molecule has 1 aliphatic rings. The molecular formula is C10H16FN3. The maximum absolute atomic E-state index is 13.2. The Bertz CT molecular complexity index is 341. The van der Waals surface area contributed by atoms with Gasteiger partial charge in [0.1, 0.15) is 6.17 Å². The minimum atomic E-state index is -0.758. The Labute approximate surface area is 83.1 Å². The average molecular weight is 197 g/mol. The lowest BCUT2D eigenvalue weighted by Gasteiger charge is -2.20. The standard InChI is InChI=1S/C10H16FN3/c1-6-5-13-14(3)8(6)9(12)10(2)4-7(10)11/h5,7,9H,4,12H2,1-3H3. The molecule has 0 spiro atoms. The van der Waals surface area contributed by atoms with Crippen molar-refractivity contribution in [3.05, 3.63) is 17.5 Å². The van der Waals surface area contributed by atoms with Crippen LogP contribution in [0, 0.1) is 12.3 Å². The van der Waals surface area contributed by atoms with Gasteiger partial charge in [-0.15, -0.1) is 0 Å². The molecule has 1 aliphatic carbocycles. The first-order chi connectivity index (χ1) is 6.47. The zero-order chi connectivity index (χ0) is 10.5. The molecule has 1 heterocycles. The molecule has 1 aromatic heterocycles. The predicted octanol–water partition coefficient (Wildman–Crippen LogP) is 1.48. The highest BCUT2D eigenvalue weighted by atomic mass is 19.1. The Morgan fingerprint density at radius 1 is 1.79 bits per heavy atom. The van der Waals surface area contributed by atoms with Crippen molar-refractivity contribution >= 4 is 0 Å². The zero-order valence-electron chi connectivity index (χ0n) is 8.79. The molecule has 4 heteroatoms. The molecule has 0 aromatic carbocycles. The van der Waals surface area contributed by atoms with Crippen LogP contribution in [0.15, 0.2) is 6.20 Å². The minimum Gasteiger partial charge on any atom is -0.322 e. The van der Waals surface area contributed by atoms with E-state index in [1.807, 2.05) is 20.9 Å². The molecule has 3 nitrogen and oxygen atoms in total. The number of hydrogen-bond acceptors (Lipinski definition) is 2. The van der Waals surface area contributed by atoms with Crippen LogP contribution in [0.2, 0.25) is 0 Å². The monoisotopic (exact) mass is 197 g/mol. The van der Waals surface area contributed by atoms with Crippen molar-refractivity contribution in [3.8, 4) is 0 Å². The van der Waals surface area contributed by atoms with Gasteiger partial charge in [0.25, 0.3) is 0 Å². The lowest BCUT2D eigenvalue weighted by Crippen LogP contribution is -2.25. The number of nitrogens with two attached hydrogens (primary N) is 1. The summed E-state index contributed by atoms with van der Waals surface area (Å²) < 4.78 is 14.9. The van der Waals surface area contributed by atoms with E-state index in [1.165, 1.54) is 0 Å². The van der Waals surface area contributed by atoms with Crippen LogP contribution in [0.25, 0.3) is 0 Å². The van der Waals surface area contributed by atoms with E-state index in [1.54, 1.807) is 10.9 Å². The van der Waals surface area contributed by atoms with Gasteiger partial charge >= 0.3 is 0 Å². The summed E-state index contributed by atoms with van der Waals surface area (Å²) in [5.41, 5.74) is 7.69. The minimum absolute atomic E-state index is 0.245. The second kappa shape index (κ2) is 2.79. The maximum atomic E-state index is 13.2. The third-order valence-electron chi connectivity index (χ3n) is 3.36. The van der Waals surface area contributed by atoms with Gasteiger partial charge < -0.3 is 5.73 Å². The van der Waals surface area contributed by atoms with Gasteiger partial charge in [0.2, 0.25) is 0 Å². The number of alkyl halides is 1. The van der Waals surface area contributed by atoms with E-state index < -0.39 is 6.17 Å². The SMILES string of the molecule is Cc1cnn(C)c1C(N)C1(C)CC1F. The van der Waals surface area contributed by atoms with Crippen molar-refractivity contribution in [1.82, 2.24) is 9.78 Å². The Balaban J connectivity index is 2.32. The summed E-state index contributed by atoms with van der Waals surface area (Å²) in [5.74, 6) is 0. The van der Waals surface area contributed by atoms with Gasteiger partial charge in [-0.2, -0.15) is 5.10 Å². The van der Waals surface area contributed by atoms with Gasteiger partial charge in [-0.05, 0) is 18.9 Å². The van der Waals surface area contributed by atoms with Crippen LogP contribution in [0.1, 0.15) is 30.6 Å². The molecule has 3 unspecified atom stereocenters. The van der Waals surface area contributed by atoms with Crippen LogP contribution in [0.5, 0.6) is 0 Å². The summed E-state index contributed by atoms with van der Waals surface area (Å²) in [6.45, 7) is 3.86. The Morgan fingerprint density at radius 3 is 2.71 bits per heavy atom. The summed E-state index contributed by atoms with van der Waals surface area (Å²) in [7, 11) is 1.85. The van der Waals surface area contributed by atoms with E-state index in [-0.39, 0.29) is 11.5 Å². The fourth-order valence-corrected chi connectivity index (χ4v) is 1.96. The molecule has 2 rings (SSSR count). The Kier molecular flexibility index (Phi) is 1.93. The van der Waals surface area contributed by atoms with Crippen LogP contribution in [0.3, 0.4) is 0 Å². The smallest absolute Gasteiger partial charge is 0.108 e. The van der Waals surface area contributed by atoms with Crippen molar-refractivity contribution in [2.45, 2.75) is 32.5 Å². The van der Waals surface area contributed by atoms with E-state index in [0.717, 1.165) is 11.3 Å². The molecule has 78 valence electrons. The van der Waals surface area contributed by atoms with E-state index >= 15 is 0 Å². The van der Waals surface area contributed by atoms with Crippen molar-refractivity contribution < 1.29 is 4.39 Å². The number of nitrogens with zero attached hydrogens (tertiary/aromatic N) is 2. The third kappa shape index (κ3) is 1.17. The molecule has 0 aliphatic heterocycles. The Morgan fingerprint density at radius 2 is 2.36 bits per heavy atom. The first kappa shape index (κ1) is 9.65. The number of rotatable bonds is 2. The number of aryl methyl sites for hydroxylation is 2. The molecule has 1 fully saturated rings. The molecule has 0 amide bonds. The van der Waals surface area contributed by atoms with Gasteiger partial charge in [-0.1, -0.05) is 6.92 Å². The van der Waals surface area contributed by atoms with Crippen molar-refractivity contribution in [3.63, 3.8) is 0 Å². The number of aromatic nitrogens is 2. The van der Waals surface area contributed by atoms with Crippen molar-refractivity contribution in [1.29, 1.82) is 0 Å². The van der Waals surface area contributed by atoms with Crippen molar-refractivity contribution in [2.24, 2.45) is 18.2 Å². The molecule has 14 heavy (non-hydrogen) atoms. The highest BCUT2D eigenvalue weighted by Crippen LogP contribution is 2.55.